The summed E-state index contributed by atoms with van der Waals surface area (Å²) in [5, 5.41) is 5.20. The lowest BCUT2D eigenvalue weighted by molar-refractivity contribution is -0.143. The molecule has 0 aliphatic heterocycles. The number of Topliss-reactive ketones (excluding diaryl/α,β-unsaturated/α-hetero) is 1. The predicted molar refractivity (Wildman–Crippen MR) is 87.0 cm³/mol. The Labute approximate surface area is 140 Å². The predicted octanol–water partition coefficient (Wildman–Crippen LogP) is 0.372. The quantitative estimate of drug-likeness (QED) is 0.502. The van der Waals surface area contributed by atoms with Crippen molar-refractivity contribution >= 4 is 23.6 Å². The Bertz CT molecular complexity index is 586. The molecule has 1 atom stereocenters. The number of carbonyl (C=O) groups is 4. The van der Waals surface area contributed by atoms with Crippen LogP contribution in [0.4, 0.5) is 0 Å². The molecule has 7 nitrogen and oxygen atoms in total. The summed E-state index contributed by atoms with van der Waals surface area (Å²) in [6.45, 7) is 1.44. The molecular weight excluding hydrogens is 312 g/mol. The fourth-order valence-electron chi connectivity index (χ4n) is 2.07. The van der Waals surface area contributed by atoms with Gasteiger partial charge in [0.05, 0.1) is 7.11 Å². The summed E-state index contributed by atoms with van der Waals surface area (Å²) in [6.07, 6.45) is 0.0623. The summed E-state index contributed by atoms with van der Waals surface area (Å²) in [7, 11) is 1.21. The number of amides is 2. The van der Waals surface area contributed by atoms with Crippen molar-refractivity contribution in [3.8, 4) is 0 Å². The van der Waals surface area contributed by atoms with Gasteiger partial charge in [0, 0.05) is 26.3 Å². The van der Waals surface area contributed by atoms with Crippen molar-refractivity contribution in [2.45, 2.75) is 32.2 Å². The van der Waals surface area contributed by atoms with Crippen LogP contribution in [0.15, 0.2) is 30.3 Å². The highest BCUT2D eigenvalue weighted by molar-refractivity contribution is 5.95. The third kappa shape index (κ3) is 7.53. The molecule has 0 unspecified atom stereocenters. The average molecular weight is 334 g/mol. The second-order valence-corrected chi connectivity index (χ2v) is 5.28. The molecular formula is C17H22N2O5. The van der Waals surface area contributed by atoms with Crippen LogP contribution in [0.1, 0.15) is 25.3 Å². The number of hydrogen-bond acceptors (Lipinski definition) is 5. The molecule has 130 valence electrons. The number of methoxy groups -OCH3 is 1. The van der Waals surface area contributed by atoms with Gasteiger partial charge in [-0.05, 0) is 5.56 Å². The van der Waals surface area contributed by atoms with E-state index in [1.54, 1.807) is 0 Å². The number of ether oxygens (including phenoxy) is 1. The van der Waals surface area contributed by atoms with Crippen molar-refractivity contribution in [3.05, 3.63) is 35.9 Å². The van der Waals surface area contributed by atoms with Gasteiger partial charge in [-0.25, -0.2) is 0 Å². The summed E-state index contributed by atoms with van der Waals surface area (Å²) >= 11 is 0. The molecule has 0 radical (unpaired) electrons. The van der Waals surface area contributed by atoms with Gasteiger partial charge in [0.1, 0.15) is 18.2 Å². The van der Waals surface area contributed by atoms with Crippen LogP contribution in [0.25, 0.3) is 0 Å². The zero-order valence-corrected chi connectivity index (χ0v) is 13.8. The summed E-state index contributed by atoms with van der Waals surface area (Å²) in [5.74, 6) is -1.61. The van der Waals surface area contributed by atoms with E-state index in [0.717, 1.165) is 5.56 Å². The van der Waals surface area contributed by atoms with Gasteiger partial charge < -0.3 is 15.4 Å². The molecule has 1 aromatic carbocycles. The van der Waals surface area contributed by atoms with Gasteiger partial charge in [0.15, 0.2) is 0 Å². The molecule has 0 heterocycles. The minimum atomic E-state index is -0.722. The minimum absolute atomic E-state index is 0.0268. The van der Waals surface area contributed by atoms with Crippen LogP contribution in [0.2, 0.25) is 0 Å². The maximum absolute atomic E-state index is 12.2. The number of benzene rings is 1. The van der Waals surface area contributed by atoms with Crippen LogP contribution in [0.3, 0.4) is 0 Å². The summed E-state index contributed by atoms with van der Waals surface area (Å²) in [4.78, 5) is 46.0. The summed E-state index contributed by atoms with van der Waals surface area (Å²) in [5.41, 5.74) is 0.910. The van der Waals surface area contributed by atoms with Crippen LogP contribution in [0.5, 0.6) is 0 Å². The first-order valence-corrected chi connectivity index (χ1v) is 7.59. The van der Waals surface area contributed by atoms with Crippen molar-refractivity contribution in [1.82, 2.24) is 10.6 Å². The standard InChI is InChI=1S/C17H22N2O5/c1-12(20)19-15(10-13-6-4-3-5-7-13)17(23)18-9-8-14(21)11-16(22)24-2/h3-7,15H,8-11H2,1-2H3,(H,18,23)(H,19,20)/t15-/m1/s1. The lowest BCUT2D eigenvalue weighted by Crippen LogP contribution is -2.47. The highest BCUT2D eigenvalue weighted by Gasteiger charge is 2.20. The average Bonchev–Trinajstić information content (AvgIpc) is 2.54. The molecule has 0 aromatic heterocycles. The van der Waals surface area contributed by atoms with Gasteiger partial charge in [-0.15, -0.1) is 0 Å². The Morgan fingerprint density at radius 3 is 2.38 bits per heavy atom. The molecule has 7 heteroatoms. The molecule has 0 aliphatic carbocycles. The molecule has 24 heavy (non-hydrogen) atoms. The van der Waals surface area contributed by atoms with Gasteiger partial charge in [-0.3, -0.25) is 19.2 Å². The zero-order chi connectivity index (χ0) is 17.9. The van der Waals surface area contributed by atoms with E-state index in [1.807, 2.05) is 30.3 Å². The van der Waals surface area contributed by atoms with E-state index < -0.39 is 12.0 Å². The largest absolute Gasteiger partial charge is 0.469 e. The van der Waals surface area contributed by atoms with Crippen LogP contribution in [-0.2, 0) is 30.3 Å². The number of hydrogen-bond donors (Lipinski definition) is 2. The first-order valence-electron chi connectivity index (χ1n) is 7.59. The number of carbonyl (C=O) groups excluding carboxylic acids is 4. The SMILES string of the molecule is COC(=O)CC(=O)CCNC(=O)[C@@H](Cc1ccccc1)NC(C)=O. The third-order valence-corrected chi connectivity index (χ3v) is 3.25. The van der Waals surface area contributed by atoms with Crippen LogP contribution in [-0.4, -0.2) is 43.3 Å². The lowest BCUT2D eigenvalue weighted by atomic mass is 10.1. The van der Waals surface area contributed by atoms with Crippen molar-refractivity contribution < 1.29 is 23.9 Å². The lowest BCUT2D eigenvalue weighted by Gasteiger charge is -2.17. The molecule has 0 saturated carbocycles. The number of nitrogens with one attached hydrogen (secondary N) is 2. The van der Waals surface area contributed by atoms with Crippen molar-refractivity contribution in [3.63, 3.8) is 0 Å². The monoisotopic (exact) mass is 334 g/mol. The highest BCUT2D eigenvalue weighted by Crippen LogP contribution is 2.04. The molecule has 2 amide bonds. The molecule has 2 N–H and O–H groups in total. The van der Waals surface area contributed by atoms with Crippen molar-refractivity contribution in [2.75, 3.05) is 13.7 Å². The smallest absolute Gasteiger partial charge is 0.313 e. The van der Waals surface area contributed by atoms with Crippen LogP contribution in [0, 0.1) is 0 Å². The van der Waals surface area contributed by atoms with E-state index in [-0.39, 0.29) is 37.0 Å². The second-order valence-electron chi connectivity index (χ2n) is 5.28. The van der Waals surface area contributed by atoms with Crippen molar-refractivity contribution in [1.29, 1.82) is 0 Å². The normalized spacial score (nSPS) is 11.2. The fraction of sp³-hybridized carbons (Fsp3) is 0.412. The van der Waals surface area contributed by atoms with Gasteiger partial charge in [-0.1, -0.05) is 30.3 Å². The number of ketones is 1. The molecule has 0 aliphatic rings. The Kier molecular flexibility index (Phi) is 8.18. The Morgan fingerprint density at radius 1 is 1.12 bits per heavy atom. The van der Waals surface area contributed by atoms with Gasteiger partial charge in [0.25, 0.3) is 0 Å². The Morgan fingerprint density at radius 2 is 1.79 bits per heavy atom. The maximum atomic E-state index is 12.2. The van der Waals surface area contributed by atoms with E-state index in [0.29, 0.717) is 6.42 Å². The molecule has 0 fully saturated rings. The number of rotatable bonds is 9. The topological polar surface area (TPSA) is 102 Å². The Balaban J connectivity index is 2.51. The van der Waals surface area contributed by atoms with E-state index in [9.17, 15) is 19.2 Å². The van der Waals surface area contributed by atoms with Gasteiger partial charge in [0.2, 0.25) is 11.8 Å². The zero-order valence-electron chi connectivity index (χ0n) is 13.8. The third-order valence-electron chi connectivity index (χ3n) is 3.25. The first kappa shape index (κ1) is 19.3. The minimum Gasteiger partial charge on any atom is -0.469 e. The molecule has 1 rings (SSSR count). The van der Waals surface area contributed by atoms with E-state index in [1.165, 1.54) is 14.0 Å². The van der Waals surface area contributed by atoms with E-state index in [2.05, 4.69) is 15.4 Å². The van der Waals surface area contributed by atoms with Gasteiger partial charge >= 0.3 is 5.97 Å². The van der Waals surface area contributed by atoms with Crippen LogP contribution >= 0.6 is 0 Å². The van der Waals surface area contributed by atoms with Crippen LogP contribution < -0.4 is 10.6 Å². The highest BCUT2D eigenvalue weighted by atomic mass is 16.5. The van der Waals surface area contributed by atoms with Gasteiger partial charge in [-0.2, -0.15) is 0 Å². The van der Waals surface area contributed by atoms with E-state index in [4.69, 9.17) is 0 Å². The Hall–Kier alpha value is -2.70. The fourth-order valence-corrected chi connectivity index (χ4v) is 2.07. The molecule has 0 spiro atoms. The number of esters is 1. The first-order chi connectivity index (χ1) is 11.4. The molecule has 0 saturated heterocycles. The summed E-state index contributed by atoms with van der Waals surface area (Å²) < 4.78 is 4.40. The maximum Gasteiger partial charge on any atom is 0.313 e. The van der Waals surface area contributed by atoms with Crippen molar-refractivity contribution in [2.24, 2.45) is 0 Å². The second kappa shape index (κ2) is 10.1. The molecule has 1 aromatic rings. The summed E-state index contributed by atoms with van der Waals surface area (Å²) in [6, 6.07) is 8.57. The van der Waals surface area contributed by atoms with E-state index >= 15 is 0 Å². The molecule has 0 bridgehead atoms.